The van der Waals surface area contributed by atoms with Crippen molar-refractivity contribution in [3.05, 3.63) is 60.7 Å². The quantitative estimate of drug-likeness (QED) is 0.930. The Kier molecular flexibility index (Phi) is 4.51. The molecule has 0 spiro atoms. The van der Waals surface area contributed by atoms with Gasteiger partial charge in [-0.25, -0.2) is 4.79 Å². The lowest BCUT2D eigenvalue weighted by atomic mass is 10.1. The van der Waals surface area contributed by atoms with Crippen LogP contribution in [0.3, 0.4) is 0 Å². The van der Waals surface area contributed by atoms with Gasteiger partial charge in [0.05, 0.1) is 6.54 Å². The van der Waals surface area contributed by atoms with Crippen molar-refractivity contribution in [1.29, 1.82) is 0 Å². The van der Waals surface area contributed by atoms with E-state index < -0.39 is 5.60 Å². The first kappa shape index (κ1) is 16.1. The average Bonchev–Trinajstić information content (AvgIpc) is 3.07. The third-order valence-corrected chi connectivity index (χ3v) is 3.77. The molecule has 2 aromatic carbocycles. The molecule has 0 fully saturated rings. The second-order valence-electron chi connectivity index (χ2n) is 6.08. The second kappa shape index (κ2) is 6.74. The number of amides is 2. The van der Waals surface area contributed by atoms with Crippen LogP contribution in [0.4, 0.5) is 10.5 Å². The predicted octanol–water partition coefficient (Wildman–Crippen LogP) is 3.79. The van der Waals surface area contributed by atoms with Crippen LogP contribution in [0, 0.1) is 0 Å². The Bertz CT molecular complexity index is 727. The minimum absolute atomic E-state index is 0.192. The first-order valence-electron chi connectivity index (χ1n) is 7.99. The average molecular weight is 323 g/mol. The third kappa shape index (κ3) is 3.56. The Morgan fingerprint density at radius 2 is 1.71 bits per heavy atom. The van der Waals surface area contributed by atoms with Gasteiger partial charge in [0.25, 0.3) is 0 Å². The van der Waals surface area contributed by atoms with E-state index in [1.807, 2.05) is 74.5 Å². The van der Waals surface area contributed by atoms with Gasteiger partial charge in [-0.05, 0) is 38.1 Å². The van der Waals surface area contributed by atoms with Gasteiger partial charge in [0.1, 0.15) is 5.75 Å². The molecule has 24 heavy (non-hydrogen) atoms. The molecule has 0 atom stereocenters. The molecule has 0 saturated heterocycles. The highest BCUT2D eigenvalue weighted by Gasteiger charge is 2.37. The van der Waals surface area contributed by atoms with E-state index >= 15 is 0 Å². The summed E-state index contributed by atoms with van der Waals surface area (Å²) in [4.78, 5) is 18.8. The molecule has 2 aromatic rings. The van der Waals surface area contributed by atoms with Gasteiger partial charge in [0.2, 0.25) is 0 Å². The zero-order valence-corrected chi connectivity index (χ0v) is 13.9. The summed E-state index contributed by atoms with van der Waals surface area (Å²) in [5, 5.41) is 2.90. The summed E-state index contributed by atoms with van der Waals surface area (Å²) in [6.45, 7) is 4.98. The topological polar surface area (TPSA) is 53.9 Å². The van der Waals surface area contributed by atoms with Gasteiger partial charge in [-0.3, -0.25) is 9.89 Å². The molecule has 5 nitrogen and oxygen atoms in total. The molecular formula is C19H21N3O2. The molecule has 1 aliphatic rings. The van der Waals surface area contributed by atoms with Gasteiger partial charge in [-0.1, -0.05) is 36.4 Å². The maximum Gasteiger partial charge on any atom is 0.327 e. The van der Waals surface area contributed by atoms with Gasteiger partial charge < -0.3 is 10.1 Å². The molecule has 2 amide bonds. The third-order valence-electron chi connectivity index (χ3n) is 3.77. The van der Waals surface area contributed by atoms with E-state index in [1.54, 1.807) is 4.90 Å². The molecule has 0 radical (unpaired) electrons. The number of para-hydroxylation sites is 2. The van der Waals surface area contributed by atoms with Gasteiger partial charge in [-0.2, -0.15) is 0 Å². The van der Waals surface area contributed by atoms with Gasteiger partial charge in [0, 0.05) is 12.2 Å². The number of amidine groups is 1. The molecule has 0 bridgehead atoms. The minimum atomic E-state index is -0.702. The predicted molar refractivity (Wildman–Crippen MR) is 95.6 cm³/mol. The van der Waals surface area contributed by atoms with Crippen LogP contribution < -0.4 is 10.1 Å². The van der Waals surface area contributed by atoms with Crippen LogP contribution in [0.1, 0.15) is 13.8 Å². The molecule has 1 aliphatic heterocycles. The molecule has 0 saturated carbocycles. The highest BCUT2D eigenvalue weighted by molar-refractivity contribution is 6.07. The summed E-state index contributed by atoms with van der Waals surface area (Å²) in [5.41, 5.74) is 0.0573. The van der Waals surface area contributed by atoms with Crippen molar-refractivity contribution in [2.75, 3.05) is 18.4 Å². The number of benzene rings is 2. The van der Waals surface area contributed by atoms with Crippen LogP contribution in [0.15, 0.2) is 65.7 Å². The maximum absolute atomic E-state index is 12.6. The number of ether oxygens (including phenoxy) is 1. The normalized spacial score (nSPS) is 14.2. The van der Waals surface area contributed by atoms with Crippen LogP contribution >= 0.6 is 0 Å². The number of urea groups is 1. The fourth-order valence-electron chi connectivity index (χ4n) is 2.70. The smallest absolute Gasteiger partial charge is 0.327 e. The fraction of sp³-hybridized carbons (Fsp3) is 0.263. The van der Waals surface area contributed by atoms with E-state index in [9.17, 15) is 4.79 Å². The number of anilines is 1. The van der Waals surface area contributed by atoms with Crippen molar-refractivity contribution in [2.45, 2.75) is 19.4 Å². The summed E-state index contributed by atoms with van der Waals surface area (Å²) < 4.78 is 6.06. The molecule has 1 N–H and O–H groups in total. The van der Waals surface area contributed by atoms with Crippen LogP contribution in [0.25, 0.3) is 0 Å². The summed E-state index contributed by atoms with van der Waals surface area (Å²) in [5.74, 6) is 1.39. The Balaban J connectivity index is 1.73. The fourth-order valence-corrected chi connectivity index (χ4v) is 2.70. The molecule has 0 aromatic heterocycles. The maximum atomic E-state index is 12.6. The summed E-state index contributed by atoms with van der Waals surface area (Å²) in [6.07, 6.45) is 0. The van der Waals surface area contributed by atoms with Crippen molar-refractivity contribution in [3.8, 4) is 5.75 Å². The van der Waals surface area contributed by atoms with Crippen molar-refractivity contribution in [2.24, 2.45) is 4.99 Å². The number of nitrogens with one attached hydrogen (secondary N) is 1. The first-order valence-corrected chi connectivity index (χ1v) is 7.99. The van der Waals surface area contributed by atoms with Crippen LogP contribution in [-0.4, -0.2) is 35.5 Å². The summed E-state index contributed by atoms with van der Waals surface area (Å²) in [7, 11) is 0. The largest absolute Gasteiger partial charge is 0.480 e. The standard InChI is InChI=1S/C19H21N3O2/c1-19(2,24-16-11-7-4-8-12-16)17-20-13-14-22(17)18(23)21-15-9-5-3-6-10-15/h3-12H,13-14H2,1-2H3,(H,21,23). The van der Waals surface area contributed by atoms with Crippen LogP contribution in [0.2, 0.25) is 0 Å². The van der Waals surface area contributed by atoms with E-state index in [1.165, 1.54) is 0 Å². The van der Waals surface area contributed by atoms with Gasteiger partial charge in [0.15, 0.2) is 11.4 Å². The van der Waals surface area contributed by atoms with Crippen molar-refractivity contribution < 1.29 is 9.53 Å². The van der Waals surface area contributed by atoms with Crippen molar-refractivity contribution in [1.82, 2.24) is 4.90 Å². The molecule has 0 aliphatic carbocycles. The lowest BCUT2D eigenvalue weighted by Gasteiger charge is -2.31. The first-order chi connectivity index (χ1) is 11.6. The lowest BCUT2D eigenvalue weighted by molar-refractivity contribution is 0.167. The van der Waals surface area contributed by atoms with Crippen LogP contribution in [0.5, 0.6) is 5.75 Å². The van der Waals surface area contributed by atoms with E-state index in [-0.39, 0.29) is 6.03 Å². The number of carbonyl (C=O) groups excluding carboxylic acids is 1. The number of nitrogens with zero attached hydrogens (tertiary/aromatic N) is 2. The number of aliphatic imine (C=N–C) groups is 1. The second-order valence-corrected chi connectivity index (χ2v) is 6.08. The van der Waals surface area contributed by atoms with E-state index in [0.717, 1.165) is 11.4 Å². The number of hydrogen-bond acceptors (Lipinski definition) is 3. The Morgan fingerprint density at radius 1 is 1.08 bits per heavy atom. The Hall–Kier alpha value is -2.82. The summed E-state index contributed by atoms with van der Waals surface area (Å²) in [6, 6.07) is 18.8. The van der Waals surface area contributed by atoms with E-state index in [2.05, 4.69) is 10.3 Å². The van der Waals surface area contributed by atoms with Gasteiger partial charge in [-0.15, -0.1) is 0 Å². The highest BCUT2D eigenvalue weighted by atomic mass is 16.5. The molecule has 124 valence electrons. The SMILES string of the molecule is CC(C)(Oc1ccccc1)C1=NCCN1C(=O)Nc1ccccc1. The Labute approximate surface area is 142 Å². The lowest BCUT2D eigenvalue weighted by Crippen LogP contribution is -2.50. The zero-order valence-electron chi connectivity index (χ0n) is 13.9. The van der Waals surface area contributed by atoms with E-state index in [0.29, 0.717) is 18.9 Å². The number of carbonyl (C=O) groups is 1. The number of rotatable bonds is 4. The van der Waals surface area contributed by atoms with Crippen molar-refractivity contribution >= 4 is 17.6 Å². The molecule has 5 heteroatoms. The van der Waals surface area contributed by atoms with Crippen molar-refractivity contribution in [3.63, 3.8) is 0 Å². The Morgan fingerprint density at radius 3 is 2.38 bits per heavy atom. The highest BCUT2D eigenvalue weighted by Crippen LogP contribution is 2.23. The molecule has 1 heterocycles. The zero-order chi connectivity index (χ0) is 17.0. The monoisotopic (exact) mass is 323 g/mol. The molecule has 0 unspecified atom stereocenters. The van der Waals surface area contributed by atoms with E-state index in [4.69, 9.17) is 4.74 Å². The minimum Gasteiger partial charge on any atom is -0.480 e. The number of hydrogen-bond donors (Lipinski definition) is 1. The molecular weight excluding hydrogens is 302 g/mol. The van der Waals surface area contributed by atoms with Gasteiger partial charge >= 0.3 is 6.03 Å². The molecule has 3 rings (SSSR count). The summed E-state index contributed by atoms with van der Waals surface area (Å²) >= 11 is 0. The van der Waals surface area contributed by atoms with Crippen LogP contribution in [-0.2, 0) is 0 Å².